The zero-order valence-corrected chi connectivity index (χ0v) is 14.0. The third kappa shape index (κ3) is 4.73. The van der Waals surface area contributed by atoms with E-state index in [4.69, 9.17) is 9.84 Å². The van der Waals surface area contributed by atoms with E-state index in [1.54, 1.807) is 6.92 Å². The number of aromatic nitrogens is 1. The fourth-order valence-corrected chi connectivity index (χ4v) is 2.76. The smallest absolute Gasteiger partial charge is 0.355 e. The Morgan fingerprint density at radius 2 is 2.20 bits per heavy atom. The predicted molar refractivity (Wildman–Crippen MR) is 89.4 cm³/mol. The third-order valence-electron chi connectivity index (χ3n) is 3.11. The summed E-state index contributed by atoms with van der Waals surface area (Å²) >= 11 is 1.19. The Kier molecular flexibility index (Phi) is 6.01. The maximum absolute atomic E-state index is 12.1. The number of nitro groups is 1. The minimum atomic E-state index is -1.10. The maximum atomic E-state index is 12.1. The van der Waals surface area contributed by atoms with E-state index in [2.05, 4.69) is 10.3 Å². The quantitative estimate of drug-likeness (QED) is 0.541. The first-order valence-electron chi connectivity index (χ1n) is 7.29. The summed E-state index contributed by atoms with van der Waals surface area (Å²) in [4.78, 5) is 37.2. The molecule has 1 amide bonds. The van der Waals surface area contributed by atoms with Gasteiger partial charge in [-0.1, -0.05) is 0 Å². The average Bonchev–Trinajstić information content (AvgIpc) is 3.04. The van der Waals surface area contributed by atoms with Crippen molar-refractivity contribution in [2.45, 2.75) is 13.3 Å². The van der Waals surface area contributed by atoms with Crippen LogP contribution in [0.4, 0.5) is 5.69 Å². The fraction of sp³-hybridized carbons (Fsp3) is 0.267. The number of nitro benzene ring substituents is 1. The van der Waals surface area contributed by atoms with Crippen LogP contribution in [-0.2, 0) is 6.42 Å². The molecule has 0 atom stereocenters. The Morgan fingerprint density at radius 1 is 1.44 bits per heavy atom. The summed E-state index contributed by atoms with van der Waals surface area (Å²) in [5.74, 6) is -1.47. The number of carbonyl (C=O) groups excluding carboxylic acids is 1. The average molecular weight is 365 g/mol. The number of carboxylic acids is 1. The molecule has 0 aliphatic rings. The standard InChI is InChI=1S/C15H15N3O6S/c1-2-24-12-4-3-9(7-11(12)18(22)23)14(19)16-6-5-13-17-10(8-25-13)15(20)21/h3-4,7-8H,2,5-6H2,1H3,(H,16,19)(H,20,21). The molecule has 0 spiro atoms. The van der Waals surface area contributed by atoms with Gasteiger partial charge in [0, 0.05) is 30.0 Å². The summed E-state index contributed by atoms with van der Waals surface area (Å²) < 4.78 is 5.17. The van der Waals surface area contributed by atoms with Gasteiger partial charge in [-0.3, -0.25) is 14.9 Å². The molecule has 25 heavy (non-hydrogen) atoms. The summed E-state index contributed by atoms with van der Waals surface area (Å²) in [6, 6.07) is 3.99. The summed E-state index contributed by atoms with van der Waals surface area (Å²) in [6.45, 7) is 2.21. The molecule has 2 aromatic rings. The summed E-state index contributed by atoms with van der Waals surface area (Å²) in [7, 11) is 0. The topological polar surface area (TPSA) is 132 Å². The zero-order valence-electron chi connectivity index (χ0n) is 13.2. The maximum Gasteiger partial charge on any atom is 0.355 e. The first-order valence-corrected chi connectivity index (χ1v) is 8.17. The largest absolute Gasteiger partial charge is 0.487 e. The molecule has 0 radical (unpaired) electrons. The molecule has 1 heterocycles. The van der Waals surface area contributed by atoms with Crippen molar-refractivity contribution in [3.8, 4) is 5.75 Å². The molecular formula is C15H15N3O6S. The van der Waals surface area contributed by atoms with E-state index < -0.39 is 16.8 Å². The number of nitrogens with one attached hydrogen (secondary N) is 1. The van der Waals surface area contributed by atoms with Crippen LogP contribution in [0.5, 0.6) is 5.75 Å². The van der Waals surface area contributed by atoms with E-state index >= 15 is 0 Å². The zero-order chi connectivity index (χ0) is 18.4. The Morgan fingerprint density at radius 3 is 2.80 bits per heavy atom. The molecule has 0 saturated carbocycles. The van der Waals surface area contributed by atoms with E-state index in [9.17, 15) is 19.7 Å². The van der Waals surface area contributed by atoms with Gasteiger partial charge in [-0.15, -0.1) is 11.3 Å². The van der Waals surface area contributed by atoms with Gasteiger partial charge in [0.1, 0.15) is 0 Å². The molecule has 0 fully saturated rings. The SMILES string of the molecule is CCOc1ccc(C(=O)NCCc2nc(C(=O)O)cs2)cc1[N+](=O)[O-]. The molecule has 0 unspecified atom stereocenters. The molecule has 9 nitrogen and oxygen atoms in total. The summed E-state index contributed by atoms with van der Waals surface area (Å²) in [5, 5.41) is 24.5. The Hall–Kier alpha value is -3.01. The van der Waals surface area contributed by atoms with Crippen molar-refractivity contribution in [2.24, 2.45) is 0 Å². The molecule has 2 N–H and O–H groups in total. The van der Waals surface area contributed by atoms with Crippen molar-refractivity contribution in [1.29, 1.82) is 0 Å². The second-order valence-electron chi connectivity index (χ2n) is 4.81. The molecule has 2 rings (SSSR count). The van der Waals surface area contributed by atoms with Crippen LogP contribution in [0, 0.1) is 10.1 Å². The summed E-state index contributed by atoms with van der Waals surface area (Å²) in [6.07, 6.45) is 0.364. The molecule has 0 aliphatic heterocycles. The lowest BCUT2D eigenvalue weighted by atomic mass is 10.1. The Labute approximate surface area is 146 Å². The van der Waals surface area contributed by atoms with E-state index in [1.807, 2.05) is 0 Å². The van der Waals surface area contributed by atoms with Gasteiger partial charge in [-0.05, 0) is 19.1 Å². The Bertz CT molecular complexity index is 804. The van der Waals surface area contributed by atoms with Crippen LogP contribution < -0.4 is 10.1 Å². The number of thiazole rings is 1. The van der Waals surface area contributed by atoms with Crippen molar-refractivity contribution in [1.82, 2.24) is 10.3 Å². The molecule has 0 bridgehead atoms. The van der Waals surface area contributed by atoms with Crippen molar-refractivity contribution in [2.75, 3.05) is 13.2 Å². The minimum absolute atomic E-state index is 0.0338. The van der Waals surface area contributed by atoms with Crippen LogP contribution in [0.3, 0.4) is 0 Å². The van der Waals surface area contributed by atoms with Gasteiger partial charge in [0.25, 0.3) is 5.91 Å². The summed E-state index contributed by atoms with van der Waals surface area (Å²) in [5.41, 5.74) is -0.172. The van der Waals surface area contributed by atoms with Gasteiger partial charge < -0.3 is 15.2 Å². The number of ether oxygens (including phenoxy) is 1. The first-order chi connectivity index (χ1) is 11.9. The first kappa shape index (κ1) is 18.3. The van der Waals surface area contributed by atoms with E-state index in [0.29, 0.717) is 11.4 Å². The van der Waals surface area contributed by atoms with Crippen molar-refractivity contribution < 1.29 is 24.4 Å². The van der Waals surface area contributed by atoms with Gasteiger partial charge in [-0.2, -0.15) is 0 Å². The number of nitrogens with zero attached hydrogens (tertiary/aromatic N) is 2. The van der Waals surface area contributed by atoms with E-state index in [1.165, 1.54) is 28.8 Å². The number of hydrogen-bond donors (Lipinski definition) is 2. The molecule has 132 valence electrons. The van der Waals surface area contributed by atoms with Crippen LogP contribution in [0.1, 0.15) is 32.8 Å². The van der Waals surface area contributed by atoms with Crippen LogP contribution in [-0.4, -0.2) is 40.0 Å². The highest BCUT2D eigenvalue weighted by atomic mass is 32.1. The van der Waals surface area contributed by atoms with Crippen molar-refractivity contribution in [3.63, 3.8) is 0 Å². The number of carboxylic acid groups (broad SMARTS) is 1. The second-order valence-corrected chi connectivity index (χ2v) is 5.75. The van der Waals surface area contributed by atoms with Crippen LogP contribution in [0.25, 0.3) is 0 Å². The monoisotopic (exact) mass is 365 g/mol. The minimum Gasteiger partial charge on any atom is -0.487 e. The number of rotatable bonds is 8. The molecule has 1 aromatic carbocycles. The number of carbonyl (C=O) groups is 2. The highest BCUT2D eigenvalue weighted by Gasteiger charge is 2.18. The van der Waals surface area contributed by atoms with Crippen molar-refractivity contribution in [3.05, 3.63) is 50.0 Å². The van der Waals surface area contributed by atoms with E-state index in [0.717, 1.165) is 6.07 Å². The van der Waals surface area contributed by atoms with Gasteiger partial charge >= 0.3 is 11.7 Å². The van der Waals surface area contributed by atoms with Gasteiger partial charge in [-0.25, -0.2) is 9.78 Å². The molecule has 0 aliphatic carbocycles. The van der Waals surface area contributed by atoms with Gasteiger partial charge in [0.2, 0.25) is 0 Å². The second kappa shape index (κ2) is 8.20. The van der Waals surface area contributed by atoms with E-state index in [-0.39, 0.29) is 35.8 Å². The number of amides is 1. The molecule has 1 aromatic heterocycles. The van der Waals surface area contributed by atoms with Gasteiger partial charge in [0.05, 0.1) is 16.5 Å². The molecule has 10 heteroatoms. The van der Waals surface area contributed by atoms with Crippen molar-refractivity contribution >= 4 is 28.9 Å². The third-order valence-corrected chi connectivity index (χ3v) is 4.02. The Balaban J connectivity index is 1.99. The molecular weight excluding hydrogens is 350 g/mol. The van der Waals surface area contributed by atoms with Crippen LogP contribution >= 0.6 is 11.3 Å². The highest BCUT2D eigenvalue weighted by molar-refractivity contribution is 7.09. The normalized spacial score (nSPS) is 10.3. The lowest BCUT2D eigenvalue weighted by molar-refractivity contribution is -0.385. The lowest BCUT2D eigenvalue weighted by Gasteiger charge is -2.07. The number of benzene rings is 1. The molecule has 0 saturated heterocycles. The number of aromatic carboxylic acids is 1. The van der Waals surface area contributed by atoms with Crippen LogP contribution in [0.2, 0.25) is 0 Å². The predicted octanol–water partition coefficient (Wildman–Crippen LogP) is 2.12. The van der Waals surface area contributed by atoms with Crippen LogP contribution in [0.15, 0.2) is 23.6 Å². The fourth-order valence-electron chi connectivity index (χ4n) is 1.99. The van der Waals surface area contributed by atoms with Gasteiger partial charge in [0.15, 0.2) is 11.4 Å². The number of hydrogen-bond acceptors (Lipinski definition) is 7. The highest BCUT2D eigenvalue weighted by Crippen LogP contribution is 2.27. The lowest BCUT2D eigenvalue weighted by Crippen LogP contribution is -2.25.